The van der Waals surface area contributed by atoms with Crippen molar-refractivity contribution in [2.45, 2.75) is 13.5 Å². The Hall–Kier alpha value is -1.88. The van der Waals surface area contributed by atoms with Crippen LogP contribution >= 0.6 is 15.9 Å². The Morgan fingerprint density at radius 3 is 2.95 bits per heavy atom. The molecule has 2 aromatic heterocycles. The van der Waals surface area contributed by atoms with Gasteiger partial charge in [0.2, 0.25) is 0 Å². The summed E-state index contributed by atoms with van der Waals surface area (Å²) in [6.45, 7) is 2.56. The van der Waals surface area contributed by atoms with Gasteiger partial charge in [0.15, 0.2) is 11.5 Å². The first kappa shape index (κ1) is 12.2. The number of fused-ring (bicyclic) bond motifs is 1. The number of aryl methyl sites for hydroxylation is 1. The molecule has 2 heterocycles. The molecule has 0 aliphatic rings. The lowest BCUT2D eigenvalue weighted by Gasteiger charge is -2.05. The molecular formula is C14H12BrN3O. The van der Waals surface area contributed by atoms with Crippen LogP contribution < -0.4 is 5.32 Å². The average molecular weight is 318 g/mol. The highest BCUT2D eigenvalue weighted by Crippen LogP contribution is 2.17. The number of anilines is 1. The molecule has 0 amide bonds. The molecule has 0 atom stereocenters. The largest absolute Gasteiger partial charge is 0.441 e. The molecule has 0 aliphatic carbocycles. The molecule has 3 rings (SSSR count). The van der Waals surface area contributed by atoms with Gasteiger partial charge in [-0.25, -0.2) is 9.97 Å². The third kappa shape index (κ3) is 2.76. The molecule has 0 bridgehead atoms. The van der Waals surface area contributed by atoms with Gasteiger partial charge in [0, 0.05) is 24.1 Å². The first-order valence-corrected chi connectivity index (χ1v) is 6.71. The fraction of sp³-hybridized carbons (Fsp3) is 0.143. The Balaban J connectivity index is 1.75. The van der Waals surface area contributed by atoms with Gasteiger partial charge in [-0.3, -0.25) is 0 Å². The number of nitrogens with zero attached hydrogens (tertiary/aromatic N) is 2. The maximum Gasteiger partial charge on any atom is 0.192 e. The van der Waals surface area contributed by atoms with Gasteiger partial charge < -0.3 is 9.73 Å². The van der Waals surface area contributed by atoms with Gasteiger partial charge in [0.1, 0.15) is 11.3 Å². The van der Waals surface area contributed by atoms with Gasteiger partial charge in [0.05, 0.1) is 0 Å². The molecule has 96 valence electrons. The molecule has 1 aromatic carbocycles. The van der Waals surface area contributed by atoms with Crippen molar-refractivity contribution in [1.82, 2.24) is 9.97 Å². The summed E-state index contributed by atoms with van der Waals surface area (Å²) in [5.41, 5.74) is 2.86. The van der Waals surface area contributed by atoms with E-state index in [9.17, 15) is 0 Å². The van der Waals surface area contributed by atoms with E-state index in [0.717, 1.165) is 27.0 Å². The Labute approximate surface area is 119 Å². The summed E-state index contributed by atoms with van der Waals surface area (Å²) >= 11 is 3.36. The number of oxazole rings is 1. The number of halogens is 1. The molecule has 5 heteroatoms. The fourth-order valence-electron chi connectivity index (χ4n) is 1.87. The maximum atomic E-state index is 5.45. The number of hydrogen-bond acceptors (Lipinski definition) is 4. The van der Waals surface area contributed by atoms with E-state index in [1.165, 1.54) is 0 Å². The highest BCUT2D eigenvalue weighted by atomic mass is 79.9. The molecular weight excluding hydrogens is 306 g/mol. The van der Waals surface area contributed by atoms with Crippen LogP contribution in [0.2, 0.25) is 0 Å². The van der Waals surface area contributed by atoms with Crippen molar-refractivity contribution < 1.29 is 4.42 Å². The van der Waals surface area contributed by atoms with Gasteiger partial charge in [-0.2, -0.15) is 0 Å². The topological polar surface area (TPSA) is 51.0 Å². The van der Waals surface area contributed by atoms with E-state index >= 15 is 0 Å². The van der Waals surface area contributed by atoms with Gasteiger partial charge in [0.25, 0.3) is 0 Å². The van der Waals surface area contributed by atoms with Crippen LogP contribution in [0.25, 0.3) is 11.1 Å². The number of hydrogen-bond donors (Lipinski definition) is 1. The molecule has 0 saturated heterocycles. The van der Waals surface area contributed by atoms with E-state index in [-0.39, 0.29) is 0 Å². The summed E-state index contributed by atoms with van der Waals surface area (Å²) in [5, 5.41) is 3.27. The highest BCUT2D eigenvalue weighted by Gasteiger charge is 2.03. The van der Waals surface area contributed by atoms with Crippen LogP contribution in [0.15, 0.2) is 45.4 Å². The Morgan fingerprint density at radius 2 is 2.16 bits per heavy atom. The zero-order valence-corrected chi connectivity index (χ0v) is 11.9. The van der Waals surface area contributed by atoms with Crippen LogP contribution in [0, 0.1) is 6.92 Å². The maximum absolute atomic E-state index is 5.45. The molecule has 0 aliphatic heterocycles. The number of benzene rings is 1. The van der Waals surface area contributed by atoms with Crippen molar-refractivity contribution in [3.8, 4) is 0 Å². The van der Waals surface area contributed by atoms with Crippen LogP contribution in [0.4, 0.5) is 5.82 Å². The van der Waals surface area contributed by atoms with E-state index in [2.05, 4.69) is 31.2 Å². The van der Waals surface area contributed by atoms with E-state index in [1.54, 1.807) is 6.20 Å². The fourth-order valence-corrected chi connectivity index (χ4v) is 2.11. The molecule has 0 saturated carbocycles. The summed E-state index contributed by atoms with van der Waals surface area (Å²) in [6, 6.07) is 9.89. The summed E-state index contributed by atoms with van der Waals surface area (Å²) in [4.78, 5) is 8.59. The minimum Gasteiger partial charge on any atom is -0.441 e. The van der Waals surface area contributed by atoms with Crippen LogP contribution in [0.1, 0.15) is 11.5 Å². The van der Waals surface area contributed by atoms with Crippen LogP contribution in [0.3, 0.4) is 0 Å². The predicted octanol–water partition coefficient (Wildman–Crippen LogP) is 3.91. The number of pyridine rings is 1. The number of rotatable bonds is 3. The van der Waals surface area contributed by atoms with Crippen LogP contribution in [-0.2, 0) is 6.54 Å². The van der Waals surface area contributed by atoms with Crippen LogP contribution in [0.5, 0.6) is 0 Å². The summed E-state index contributed by atoms with van der Waals surface area (Å²) < 4.78 is 6.42. The van der Waals surface area contributed by atoms with Crippen molar-refractivity contribution in [2.24, 2.45) is 0 Å². The highest BCUT2D eigenvalue weighted by molar-refractivity contribution is 9.10. The van der Waals surface area contributed by atoms with E-state index in [1.807, 2.05) is 37.3 Å². The Morgan fingerprint density at radius 1 is 1.26 bits per heavy atom. The summed E-state index contributed by atoms with van der Waals surface area (Å²) in [5.74, 6) is 1.54. The molecule has 4 nitrogen and oxygen atoms in total. The normalized spacial score (nSPS) is 10.8. The molecule has 3 aromatic rings. The lowest BCUT2D eigenvalue weighted by molar-refractivity contribution is 0.561. The zero-order valence-electron chi connectivity index (χ0n) is 10.4. The van der Waals surface area contributed by atoms with Crippen molar-refractivity contribution in [3.05, 3.63) is 52.5 Å². The van der Waals surface area contributed by atoms with Gasteiger partial charge >= 0.3 is 0 Å². The zero-order chi connectivity index (χ0) is 13.2. The lowest BCUT2D eigenvalue weighted by atomic mass is 10.2. The second-order valence-corrected chi connectivity index (χ2v) is 5.17. The predicted molar refractivity (Wildman–Crippen MR) is 78.0 cm³/mol. The van der Waals surface area contributed by atoms with Crippen molar-refractivity contribution >= 4 is 32.8 Å². The molecule has 0 unspecified atom stereocenters. The van der Waals surface area contributed by atoms with Gasteiger partial charge in [-0.15, -0.1) is 0 Å². The Kier molecular flexibility index (Phi) is 3.21. The van der Waals surface area contributed by atoms with E-state index in [0.29, 0.717) is 12.4 Å². The first-order chi connectivity index (χ1) is 9.20. The second kappa shape index (κ2) is 5.01. The van der Waals surface area contributed by atoms with Crippen molar-refractivity contribution in [2.75, 3.05) is 5.32 Å². The molecule has 1 N–H and O–H groups in total. The first-order valence-electron chi connectivity index (χ1n) is 5.92. The van der Waals surface area contributed by atoms with Crippen LogP contribution in [-0.4, -0.2) is 9.97 Å². The standard InChI is InChI=1S/C14H12BrN3O/c1-9-18-12-6-10(2-4-13(12)19-9)7-16-14-5-3-11(15)8-17-14/h2-6,8H,7H2,1H3,(H,16,17). The van der Waals surface area contributed by atoms with Crippen molar-refractivity contribution in [1.29, 1.82) is 0 Å². The average Bonchev–Trinajstić information content (AvgIpc) is 2.77. The van der Waals surface area contributed by atoms with Gasteiger partial charge in [-0.1, -0.05) is 6.07 Å². The lowest BCUT2D eigenvalue weighted by Crippen LogP contribution is -2.00. The van der Waals surface area contributed by atoms with E-state index in [4.69, 9.17) is 4.42 Å². The number of aromatic nitrogens is 2. The minimum atomic E-state index is 0.690. The molecule has 0 radical (unpaired) electrons. The summed E-state index contributed by atoms with van der Waals surface area (Å²) in [7, 11) is 0. The molecule has 19 heavy (non-hydrogen) atoms. The third-order valence-corrected chi connectivity index (χ3v) is 3.23. The molecule has 0 spiro atoms. The smallest absolute Gasteiger partial charge is 0.192 e. The quantitative estimate of drug-likeness (QED) is 0.795. The Bertz CT molecular complexity index is 706. The van der Waals surface area contributed by atoms with Gasteiger partial charge in [-0.05, 0) is 45.8 Å². The summed E-state index contributed by atoms with van der Waals surface area (Å²) in [6.07, 6.45) is 1.77. The van der Waals surface area contributed by atoms with Crippen molar-refractivity contribution in [3.63, 3.8) is 0 Å². The minimum absolute atomic E-state index is 0.690. The SMILES string of the molecule is Cc1nc2cc(CNc3ccc(Br)cn3)ccc2o1. The monoisotopic (exact) mass is 317 g/mol. The second-order valence-electron chi connectivity index (χ2n) is 4.25. The molecule has 0 fully saturated rings. The van der Waals surface area contributed by atoms with E-state index < -0.39 is 0 Å². The third-order valence-electron chi connectivity index (χ3n) is 2.76. The number of nitrogens with one attached hydrogen (secondary N) is 1.